The summed E-state index contributed by atoms with van der Waals surface area (Å²) in [5.74, 6) is 1.04. The zero-order valence-electron chi connectivity index (χ0n) is 20.0. The Morgan fingerprint density at radius 2 is 2.20 bits per heavy atom. The molecule has 184 valence electrons. The number of rotatable bonds is 5. The maximum atomic E-state index is 13.5. The number of aliphatic imine (C=N–C) groups is 1. The van der Waals surface area contributed by atoms with E-state index in [1.165, 1.54) is 18.1 Å². The molecule has 2 saturated heterocycles. The number of amidine groups is 1. The van der Waals surface area contributed by atoms with Crippen molar-refractivity contribution < 1.29 is 14.7 Å². The lowest BCUT2D eigenvalue weighted by Crippen LogP contribution is -2.63. The van der Waals surface area contributed by atoms with Crippen molar-refractivity contribution in [2.75, 3.05) is 38.1 Å². The van der Waals surface area contributed by atoms with E-state index in [0.29, 0.717) is 38.6 Å². The average Bonchev–Trinajstić information content (AvgIpc) is 3.56. The van der Waals surface area contributed by atoms with Gasteiger partial charge in [-0.15, -0.1) is 0 Å². The molecule has 4 N–H and O–H groups in total. The van der Waals surface area contributed by atoms with Crippen LogP contribution in [0.2, 0.25) is 0 Å². The Labute approximate surface area is 204 Å². The van der Waals surface area contributed by atoms with Crippen LogP contribution in [-0.4, -0.2) is 76.9 Å². The molecule has 0 saturated carbocycles. The lowest BCUT2D eigenvalue weighted by atomic mass is 9.88. The maximum absolute atomic E-state index is 13.5. The van der Waals surface area contributed by atoms with Crippen molar-refractivity contribution in [2.45, 2.75) is 43.9 Å². The fourth-order valence-corrected chi connectivity index (χ4v) is 5.72. The standard InChI is InChI=1S/C26H32N6O3/c1-16(33)24(34)31-9-8-17(12-31)13-32-23(29-26(25(32)35)14-27-15-26)19-4-2-18(3-5-19)20-6-7-22-21(10-20)11-28-30-22/h2,4-7,10,16-18,27-28,30,33H,3,8-9,11-15H2,1H3/t16?,17-,18?/m1/s1. The van der Waals surface area contributed by atoms with E-state index >= 15 is 0 Å². The molecule has 4 aliphatic heterocycles. The molecular formula is C26H32N6O3. The van der Waals surface area contributed by atoms with Crippen LogP contribution in [0, 0.1) is 5.92 Å². The first kappa shape index (κ1) is 22.5. The van der Waals surface area contributed by atoms with Crippen LogP contribution in [0.25, 0.3) is 0 Å². The molecule has 2 unspecified atom stereocenters. The smallest absolute Gasteiger partial charge is 0.258 e. The molecule has 9 nitrogen and oxygen atoms in total. The summed E-state index contributed by atoms with van der Waals surface area (Å²) in [7, 11) is 0. The van der Waals surface area contributed by atoms with E-state index in [4.69, 9.17) is 4.99 Å². The number of fused-ring (bicyclic) bond motifs is 1. The Hall–Kier alpha value is -3.01. The quantitative estimate of drug-likeness (QED) is 0.503. The van der Waals surface area contributed by atoms with Gasteiger partial charge in [0, 0.05) is 50.8 Å². The van der Waals surface area contributed by atoms with E-state index in [9.17, 15) is 14.7 Å². The Kier molecular flexibility index (Phi) is 5.51. The number of hydrazine groups is 1. The summed E-state index contributed by atoms with van der Waals surface area (Å²) in [6.45, 7) is 5.19. The normalized spacial score (nSPS) is 27.4. The van der Waals surface area contributed by atoms with Gasteiger partial charge >= 0.3 is 0 Å². The number of aliphatic hydroxyl groups is 1. The zero-order chi connectivity index (χ0) is 24.2. The lowest BCUT2D eigenvalue weighted by Gasteiger charge is -2.35. The predicted octanol–water partition coefficient (Wildman–Crippen LogP) is 0.899. The van der Waals surface area contributed by atoms with Crippen LogP contribution in [0.3, 0.4) is 0 Å². The molecule has 35 heavy (non-hydrogen) atoms. The summed E-state index contributed by atoms with van der Waals surface area (Å²) in [4.78, 5) is 34.2. The Morgan fingerprint density at radius 3 is 2.91 bits per heavy atom. The van der Waals surface area contributed by atoms with Crippen LogP contribution in [0.1, 0.15) is 36.8 Å². The summed E-state index contributed by atoms with van der Waals surface area (Å²) in [6.07, 6.45) is 7.22. The van der Waals surface area contributed by atoms with E-state index in [1.54, 1.807) is 4.90 Å². The van der Waals surface area contributed by atoms with E-state index in [2.05, 4.69) is 52.6 Å². The lowest BCUT2D eigenvalue weighted by molar-refractivity contribution is -0.138. The highest BCUT2D eigenvalue weighted by molar-refractivity contribution is 6.17. The average molecular weight is 477 g/mol. The topological polar surface area (TPSA) is 109 Å². The Morgan fingerprint density at radius 1 is 1.34 bits per heavy atom. The van der Waals surface area contributed by atoms with Gasteiger partial charge in [-0.1, -0.05) is 30.4 Å². The Bertz CT molecular complexity index is 1150. The van der Waals surface area contributed by atoms with Gasteiger partial charge in [0.05, 0.1) is 5.69 Å². The van der Waals surface area contributed by atoms with Gasteiger partial charge in [-0.05, 0) is 42.9 Å². The molecule has 0 bridgehead atoms. The van der Waals surface area contributed by atoms with E-state index < -0.39 is 11.6 Å². The van der Waals surface area contributed by atoms with Crippen LogP contribution >= 0.6 is 0 Å². The predicted molar refractivity (Wildman–Crippen MR) is 133 cm³/mol. The van der Waals surface area contributed by atoms with Gasteiger partial charge in [-0.25, -0.2) is 10.4 Å². The van der Waals surface area contributed by atoms with Crippen molar-refractivity contribution >= 4 is 23.3 Å². The second-order valence-electron chi connectivity index (χ2n) is 10.4. The SMILES string of the molecule is CC(O)C(=O)N1CC[C@@H](CN2C(=O)C3(CNC3)N=C2C2=CCC(c3ccc4c(c3)CNN4)C=C2)C1. The molecule has 6 rings (SSSR count). The fourth-order valence-electron chi connectivity index (χ4n) is 5.72. The number of hydrogen-bond acceptors (Lipinski definition) is 7. The minimum Gasteiger partial charge on any atom is -0.384 e. The highest BCUT2D eigenvalue weighted by Crippen LogP contribution is 2.35. The highest BCUT2D eigenvalue weighted by Gasteiger charge is 2.53. The molecular weight excluding hydrogens is 444 g/mol. The molecule has 1 aromatic carbocycles. The van der Waals surface area contributed by atoms with Crippen molar-refractivity contribution in [3.8, 4) is 0 Å². The van der Waals surface area contributed by atoms with Crippen LogP contribution in [0.5, 0.6) is 0 Å². The first-order chi connectivity index (χ1) is 16.9. The van der Waals surface area contributed by atoms with Crippen molar-refractivity contribution in [3.05, 3.63) is 53.1 Å². The molecule has 1 aromatic rings. The van der Waals surface area contributed by atoms with Gasteiger partial charge in [0.25, 0.3) is 11.8 Å². The molecule has 9 heteroatoms. The van der Waals surface area contributed by atoms with Gasteiger partial charge in [-0.2, -0.15) is 0 Å². The van der Waals surface area contributed by atoms with Gasteiger partial charge < -0.3 is 20.7 Å². The number of carbonyl (C=O) groups excluding carboxylic acids is 2. The summed E-state index contributed by atoms with van der Waals surface area (Å²) >= 11 is 0. The molecule has 5 aliphatic rings. The number of likely N-dealkylation sites (tertiary alicyclic amines) is 1. The third-order valence-electron chi connectivity index (χ3n) is 7.87. The molecule has 2 amide bonds. The van der Waals surface area contributed by atoms with Gasteiger partial charge in [-0.3, -0.25) is 14.5 Å². The summed E-state index contributed by atoms with van der Waals surface area (Å²) < 4.78 is 0. The summed E-state index contributed by atoms with van der Waals surface area (Å²) in [6, 6.07) is 6.55. The minimum atomic E-state index is -0.993. The van der Waals surface area contributed by atoms with Crippen molar-refractivity contribution in [3.63, 3.8) is 0 Å². The summed E-state index contributed by atoms with van der Waals surface area (Å²) in [5, 5.41) is 12.9. The second-order valence-corrected chi connectivity index (χ2v) is 10.4. The number of aliphatic hydroxyl groups excluding tert-OH is 1. The monoisotopic (exact) mass is 476 g/mol. The number of allylic oxidation sites excluding steroid dienone is 2. The maximum Gasteiger partial charge on any atom is 0.258 e. The van der Waals surface area contributed by atoms with Crippen LogP contribution in [0.4, 0.5) is 5.69 Å². The van der Waals surface area contributed by atoms with Gasteiger partial charge in [0.15, 0.2) is 5.54 Å². The molecule has 0 aromatic heterocycles. The number of anilines is 1. The minimum absolute atomic E-state index is 0.0570. The third kappa shape index (κ3) is 3.87. The van der Waals surface area contributed by atoms with E-state index in [0.717, 1.165) is 36.5 Å². The first-order valence-corrected chi connectivity index (χ1v) is 12.5. The summed E-state index contributed by atoms with van der Waals surface area (Å²) in [5.41, 5.74) is 10.4. The van der Waals surface area contributed by atoms with Crippen LogP contribution in [-0.2, 0) is 16.1 Å². The van der Waals surface area contributed by atoms with Crippen LogP contribution in [0.15, 0.2) is 47.0 Å². The molecule has 0 radical (unpaired) electrons. The van der Waals surface area contributed by atoms with Crippen molar-refractivity contribution in [1.29, 1.82) is 0 Å². The van der Waals surface area contributed by atoms with Gasteiger partial charge in [0.2, 0.25) is 0 Å². The van der Waals surface area contributed by atoms with E-state index in [1.807, 2.05) is 4.90 Å². The number of nitrogens with one attached hydrogen (secondary N) is 3. The van der Waals surface area contributed by atoms with Crippen molar-refractivity contribution in [1.82, 2.24) is 20.5 Å². The Balaban J connectivity index is 1.18. The first-order valence-electron chi connectivity index (χ1n) is 12.5. The molecule has 1 aliphatic carbocycles. The van der Waals surface area contributed by atoms with Crippen LogP contribution < -0.4 is 16.2 Å². The van der Waals surface area contributed by atoms with Gasteiger partial charge in [0.1, 0.15) is 11.9 Å². The molecule has 4 heterocycles. The third-order valence-corrected chi connectivity index (χ3v) is 7.87. The molecule has 2 fully saturated rings. The highest BCUT2D eigenvalue weighted by atomic mass is 16.3. The van der Waals surface area contributed by atoms with E-state index in [-0.39, 0.29) is 17.7 Å². The number of nitrogens with zero attached hydrogens (tertiary/aromatic N) is 3. The zero-order valence-corrected chi connectivity index (χ0v) is 20.0. The molecule has 1 spiro atoms. The number of benzene rings is 1. The largest absolute Gasteiger partial charge is 0.384 e. The fraction of sp³-hybridized carbons (Fsp3) is 0.500. The number of carbonyl (C=O) groups is 2. The number of hydrogen-bond donors (Lipinski definition) is 4. The van der Waals surface area contributed by atoms with Crippen molar-refractivity contribution in [2.24, 2.45) is 10.9 Å². The second kappa shape index (κ2) is 8.58. The number of amides is 2. The molecule has 3 atom stereocenters.